The van der Waals surface area contributed by atoms with E-state index in [0.717, 1.165) is 18.9 Å². The standard InChI is InChI=1S/C15H29N5/c1-5-19(6-2)14(12(3)4)15-16-17-18-20(15)13-10-8-7-9-11-13/h12-14H,5-11H2,1-4H3. The van der Waals surface area contributed by atoms with Gasteiger partial charge in [0.25, 0.3) is 0 Å². The number of rotatable bonds is 6. The molecule has 0 N–H and O–H groups in total. The molecule has 5 heteroatoms. The molecule has 20 heavy (non-hydrogen) atoms. The molecule has 0 bridgehead atoms. The third-order valence-corrected chi connectivity index (χ3v) is 4.54. The van der Waals surface area contributed by atoms with Crippen LogP contribution in [-0.2, 0) is 0 Å². The molecular weight excluding hydrogens is 250 g/mol. The van der Waals surface area contributed by atoms with Gasteiger partial charge in [0.2, 0.25) is 0 Å². The Morgan fingerprint density at radius 3 is 2.35 bits per heavy atom. The lowest BCUT2D eigenvalue weighted by atomic mass is 9.94. The monoisotopic (exact) mass is 279 g/mol. The average Bonchev–Trinajstić information content (AvgIpc) is 2.93. The van der Waals surface area contributed by atoms with E-state index in [9.17, 15) is 0 Å². The summed E-state index contributed by atoms with van der Waals surface area (Å²) >= 11 is 0. The Morgan fingerprint density at radius 2 is 1.80 bits per heavy atom. The third kappa shape index (κ3) is 3.19. The van der Waals surface area contributed by atoms with E-state index in [0.29, 0.717) is 18.0 Å². The van der Waals surface area contributed by atoms with Crippen molar-refractivity contribution >= 4 is 0 Å². The van der Waals surface area contributed by atoms with E-state index in [4.69, 9.17) is 0 Å². The average molecular weight is 279 g/mol. The molecule has 0 aliphatic heterocycles. The first kappa shape index (κ1) is 15.4. The minimum absolute atomic E-state index is 0.321. The van der Waals surface area contributed by atoms with E-state index in [1.54, 1.807) is 0 Å². The van der Waals surface area contributed by atoms with Gasteiger partial charge in [0.1, 0.15) is 0 Å². The van der Waals surface area contributed by atoms with Gasteiger partial charge in [-0.3, -0.25) is 4.90 Å². The highest BCUT2D eigenvalue weighted by Gasteiger charge is 2.30. The van der Waals surface area contributed by atoms with E-state index in [-0.39, 0.29) is 0 Å². The van der Waals surface area contributed by atoms with Gasteiger partial charge in [0.05, 0.1) is 12.1 Å². The predicted molar refractivity (Wildman–Crippen MR) is 80.4 cm³/mol. The molecule has 1 unspecified atom stereocenters. The van der Waals surface area contributed by atoms with Crippen LogP contribution in [-0.4, -0.2) is 38.2 Å². The van der Waals surface area contributed by atoms with Crippen LogP contribution in [0.5, 0.6) is 0 Å². The number of tetrazole rings is 1. The third-order valence-electron chi connectivity index (χ3n) is 4.54. The maximum absolute atomic E-state index is 4.39. The number of hydrogen-bond donors (Lipinski definition) is 0. The molecule has 1 aromatic heterocycles. The highest BCUT2D eigenvalue weighted by atomic mass is 15.6. The predicted octanol–water partition coefficient (Wildman–Crippen LogP) is 3.22. The number of nitrogens with zero attached hydrogens (tertiary/aromatic N) is 5. The molecule has 0 saturated heterocycles. The summed E-state index contributed by atoms with van der Waals surface area (Å²) in [5, 5.41) is 12.7. The fraction of sp³-hybridized carbons (Fsp3) is 0.933. The fourth-order valence-electron chi connectivity index (χ4n) is 3.48. The Kier molecular flexibility index (Phi) is 5.52. The van der Waals surface area contributed by atoms with E-state index in [1.807, 2.05) is 0 Å². The molecule has 0 amide bonds. The Hall–Kier alpha value is -0.970. The van der Waals surface area contributed by atoms with Gasteiger partial charge in [-0.05, 0) is 42.3 Å². The molecule has 1 fully saturated rings. The van der Waals surface area contributed by atoms with E-state index in [1.165, 1.54) is 32.1 Å². The number of hydrogen-bond acceptors (Lipinski definition) is 4. The molecule has 5 nitrogen and oxygen atoms in total. The van der Waals surface area contributed by atoms with Crippen molar-refractivity contribution in [3.63, 3.8) is 0 Å². The van der Waals surface area contributed by atoms with Crippen molar-refractivity contribution in [1.82, 2.24) is 25.1 Å². The zero-order chi connectivity index (χ0) is 14.5. The largest absolute Gasteiger partial charge is 0.294 e. The zero-order valence-corrected chi connectivity index (χ0v) is 13.4. The van der Waals surface area contributed by atoms with Crippen LogP contribution in [0, 0.1) is 5.92 Å². The quantitative estimate of drug-likeness (QED) is 0.802. The van der Waals surface area contributed by atoms with Gasteiger partial charge in [-0.1, -0.05) is 47.0 Å². The van der Waals surface area contributed by atoms with Crippen molar-refractivity contribution in [1.29, 1.82) is 0 Å². The van der Waals surface area contributed by atoms with Crippen LogP contribution in [0.2, 0.25) is 0 Å². The van der Waals surface area contributed by atoms with Crippen LogP contribution in [0.1, 0.15) is 77.7 Å². The molecule has 0 aromatic carbocycles. The normalized spacial score (nSPS) is 18.9. The van der Waals surface area contributed by atoms with Crippen LogP contribution in [0.4, 0.5) is 0 Å². The maximum atomic E-state index is 4.39. The van der Waals surface area contributed by atoms with Gasteiger partial charge < -0.3 is 0 Å². The highest BCUT2D eigenvalue weighted by Crippen LogP contribution is 2.32. The molecule has 1 heterocycles. The maximum Gasteiger partial charge on any atom is 0.168 e. The van der Waals surface area contributed by atoms with Crippen molar-refractivity contribution in [2.45, 2.75) is 71.9 Å². The van der Waals surface area contributed by atoms with Gasteiger partial charge in [-0.2, -0.15) is 0 Å². The van der Waals surface area contributed by atoms with Gasteiger partial charge >= 0.3 is 0 Å². The first-order chi connectivity index (χ1) is 9.69. The van der Waals surface area contributed by atoms with Crippen molar-refractivity contribution < 1.29 is 0 Å². The van der Waals surface area contributed by atoms with Crippen LogP contribution in [0.25, 0.3) is 0 Å². The second-order valence-electron chi connectivity index (χ2n) is 6.18. The zero-order valence-electron chi connectivity index (χ0n) is 13.4. The molecular formula is C15H29N5. The lowest BCUT2D eigenvalue weighted by molar-refractivity contribution is 0.152. The minimum Gasteiger partial charge on any atom is -0.294 e. The Bertz CT molecular complexity index is 391. The molecule has 1 aromatic rings. The Morgan fingerprint density at radius 1 is 1.15 bits per heavy atom. The SMILES string of the molecule is CCN(CC)C(c1nnnn1C1CCCCC1)C(C)C. The number of aromatic nitrogens is 4. The lowest BCUT2D eigenvalue weighted by Gasteiger charge is -2.33. The van der Waals surface area contributed by atoms with Crippen LogP contribution in [0.3, 0.4) is 0 Å². The smallest absolute Gasteiger partial charge is 0.168 e. The summed E-state index contributed by atoms with van der Waals surface area (Å²) in [4.78, 5) is 2.47. The molecule has 1 saturated carbocycles. The van der Waals surface area contributed by atoms with Crippen LogP contribution in [0.15, 0.2) is 0 Å². The molecule has 114 valence electrons. The van der Waals surface area contributed by atoms with E-state index in [2.05, 4.69) is 52.8 Å². The van der Waals surface area contributed by atoms with E-state index < -0.39 is 0 Å². The van der Waals surface area contributed by atoms with Gasteiger partial charge in [0.15, 0.2) is 5.82 Å². The minimum atomic E-state index is 0.321. The van der Waals surface area contributed by atoms with Crippen molar-refractivity contribution in [3.8, 4) is 0 Å². The first-order valence-electron chi connectivity index (χ1n) is 8.20. The summed E-state index contributed by atoms with van der Waals surface area (Å²) in [6.45, 7) is 11.0. The lowest BCUT2D eigenvalue weighted by Crippen LogP contribution is -2.34. The van der Waals surface area contributed by atoms with Gasteiger partial charge in [-0.15, -0.1) is 5.10 Å². The summed E-state index contributed by atoms with van der Waals surface area (Å²) in [6.07, 6.45) is 6.42. The van der Waals surface area contributed by atoms with Crippen molar-refractivity contribution in [2.24, 2.45) is 5.92 Å². The molecule has 0 spiro atoms. The van der Waals surface area contributed by atoms with E-state index >= 15 is 0 Å². The van der Waals surface area contributed by atoms with Crippen LogP contribution >= 0.6 is 0 Å². The van der Waals surface area contributed by atoms with Gasteiger partial charge in [-0.25, -0.2) is 4.68 Å². The summed E-state index contributed by atoms with van der Waals surface area (Å²) < 4.78 is 2.13. The topological polar surface area (TPSA) is 46.8 Å². The van der Waals surface area contributed by atoms with Crippen LogP contribution < -0.4 is 0 Å². The molecule has 0 radical (unpaired) electrons. The molecule has 1 aliphatic carbocycles. The molecule has 2 rings (SSSR count). The second-order valence-corrected chi connectivity index (χ2v) is 6.18. The summed E-state index contributed by atoms with van der Waals surface area (Å²) in [5.41, 5.74) is 0. The summed E-state index contributed by atoms with van der Waals surface area (Å²) in [5.74, 6) is 1.58. The molecule has 1 aliphatic rings. The van der Waals surface area contributed by atoms with Crippen molar-refractivity contribution in [3.05, 3.63) is 5.82 Å². The second kappa shape index (κ2) is 7.16. The molecule has 1 atom stereocenters. The van der Waals surface area contributed by atoms with Gasteiger partial charge in [0, 0.05) is 0 Å². The first-order valence-corrected chi connectivity index (χ1v) is 8.20. The summed E-state index contributed by atoms with van der Waals surface area (Å²) in [6, 6.07) is 0.826. The highest BCUT2D eigenvalue weighted by molar-refractivity contribution is 4.97. The Balaban J connectivity index is 2.27. The summed E-state index contributed by atoms with van der Waals surface area (Å²) in [7, 11) is 0. The van der Waals surface area contributed by atoms with Crippen molar-refractivity contribution in [2.75, 3.05) is 13.1 Å². The fourth-order valence-corrected chi connectivity index (χ4v) is 3.48. The Labute approximate surface area is 122 Å².